The Kier molecular flexibility index (Phi) is 3.03. The Balaban J connectivity index is 1.85. The van der Waals surface area contributed by atoms with Gasteiger partial charge in [0.25, 0.3) is 0 Å². The molecule has 0 atom stereocenters. The van der Waals surface area contributed by atoms with Crippen molar-refractivity contribution in [3.05, 3.63) is 71.3 Å². The Morgan fingerprint density at radius 2 is 1.81 bits per heavy atom. The quantitative estimate of drug-likeness (QED) is 0.445. The van der Waals surface area contributed by atoms with Crippen molar-refractivity contribution in [2.24, 2.45) is 0 Å². The fourth-order valence-corrected chi connectivity index (χ4v) is 3.53. The maximum Gasteiger partial charge on any atom is -0.000728 e. The SMILES string of the molecule is CCCCc1ccc2c(c1)-c1ccc3ccccc3c1C2. The molecule has 0 fully saturated rings. The zero-order valence-electron chi connectivity index (χ0n) is 12.5. The first-order valence-electron chi connectivity index (χ1n) is 7.99. The number of hydrogen-bond donors (Lipinski definition) is 0. The van der Waals surface area contributed by atoms with E-state index in [1.165, 1.54) is 57.9 Å². The van der Waals surface area contributed by atoms with Crippen LogP contribution in [0, 0.1) is 0 Å². The Hall–Kier alpha value is -2.08. The summed E-state index contributed by atoms with van der Waals surface area (Å²) in [5, 5.41) is 2.77. The Morgan fingerprint density at radius 3 is 2.71 bits per heavy atom. The zero-order valence-corrected chi connectivity index (χ0v) is 12.5. The molecule has 0 amide bonds. The molecule has 104 valence electrons. The third-order valence-corrected chi connectivity index (χ3v) is 4.69. The lowest BCUT2D eigenvalue weighted by atomic mass is 9.98. The summed E-state index contributed by atoms with van der Waals surface area (Å²) in [6.45, 7) is 2.26. The Labute approximate surface area is 126 Å². The lowest BCUT2D eigenvalue weighted by Gasteiger charge is -2.06. The molecule has 0 heterocycles. The van der Waals surface area contributed by atoms with Gasteiger partial charge >= 0.3 is 0 Å². The van der Waals surface area contributed by atoms with Crippen LogP contribution in [-0.4, -0.2) is 0 Å². The zero-order chi connectivity index (χ0) is 14.2. The molecule has 1 aliphatic carbocycles. The van der Waals surface area contributed by atoms with Crippen LogP contribution in [0.2, 0.25) is 0 Å². The molecule has 0 radical (unpaired) electrons. The normalized spacial score (nSPS) is 12.4. The first-order valence-corrected chi connectivity index (χ1v) is 7.99. The molecule has 21 heavy (non-hydrogen) atoms. The number of rotatable bonds is 3. The molecule has 0 aliphatic heterocycles. The first-order chi connectivity index (χ1) is 10.4. The van der Waals surface area contributed by atoms with E-state index in [2.05, 4.69) is 61.5 Å². The van der Waals surface area contributed by atoms with Gasteiger partial charge in [0.05, 0.1) is 0 Å². The van der Waals surface area contributed by atoms with Crippen LogP contribution in [0.3, 0.4) is 0 Å². The minimum atomic E-state index is 1.08. The van der Waals surface area contributed by atoms with E-state index in [4.69, 9.17) is 0 Å². The van der Waals surface area contributed by atoms with Gasteiger partial charge in [0.1, 0.15) is 0 Å². The molecule has 0 heteroatoms. The second-order valence-electron chi connectivity index (χ2n) is 6.08. The van der Waals surface area contributed by atoms with E-state index in [0.717, 1.165) is 6.42 Å². The van der Waals surface area contributed by atoms with E-state index in [0.29, 0.717) is 0 Å². The largest absolute Gasteiger partial charge is 0.0654 e. The summed E-state index contributed by atoms with van der Waals surface area (Å²) < 4.78 is 0. The van der Waals surface area contributed by atoms with Crippen LogP contribution in [0.4, 0.5) is 0 Å². The second-order valence-corrected chi connectivity index (χ2v) is 6.08. The molecule has 3 aromatic carbocycles. The van der Waals surface area contributed by atoms with Gasteiger partial charge in [-0.2, -0.15) is 0 Å². The van der Waals surface area contributed by atoms with Gasteiger partial charge in [-0.25, -0.2) is 0 Å². The van der Waals surface area contributed by atoms with Gasteiger partial charge in [-0.05, 0) is 57.9 Å². The molecule has 4 rings (SSSR count). The van der Waals surface area contributed by atoms with Crippen LogP contribution in [0.15, 0.2) is 54.6 Å². The smallest absolute Gasteiger partial charge is 0.000728 e. The molecular weight excluding hydrogens is 252 g/mol. The Morgan fingerprint density at radius 1 is 0.905 bits per heavy atom. The van der Waals surface area contributed by atoms with E-state index in [9.17, 15) is 0 Å². The highest BCUT2D eigenvalue weighted by Crippen LogP contribution is 2.40. The van der Waals surface area contributed by atoms with Crippen LogP contribution in [0.5, 0.6) is 0 Å². The van der Waals surface area contributed by atoms with Crippen molar-refractivity contribution in [3.63, 3.8) is 0 Å². The summed E-state index contributed by atoms with van der Waals surface area (Å²) in [6, 6.07) is 20.4. The van der Waals surface area contributed by atoms with E-state index >= 15 is 0 Å². The standard InChI is InChI=1S/C21H20/c1-2-3-6-15-9-10-17-14-21-18-8-5-4-7-16(18)11-12-19(21)20(17)13-15/h4-5,7-13H,2-3,6,14H2,1H3. The lowest BCUT2D eigenvalue weighted by Crippen LogP contribution is -1.87. The fourth-order valence-electron chi connectivity index (χ4n) is 3.53. The van der Waals surface area contributed by atoms with Crippen molar-refractivity contribution in [1.82, 2.24) is 0 Å². The average molecular weight is 272 g/mol. The van der Waals surface area contributed by atoms with Crippen molar-refractivity contribution < 1.29 is 0 Å². The molecular formula is C21H20. The van der Waals surface area contributed by atoms with E-state index in [1.54, 1.807) is 0 Å². The second kappa shape index (κ2) is 5.04. The maximum absolute atomic E-state index is 2.42. The van der Waals surface area contributed by atoms with Crippen LogP contribution in [0.25, 0.3) is 21.9 Å². The molecule has 0 N–H and O–H groups in total. The summed E-state index contributed by atoms with van der Waals surface area (Å²) in [5.74, 6) is 0. The van der Waals surface area contributed by atoms with Gasteiger partial charge in [-0.15, -0.1) is 0 Å². The molecule has 3 aromatic rings. The predicted molar refractivity (Wildman–Crippen MR) is 90.8 cm³/mol. The van der Waals surface area contributed by atoms with Crippen molar-refractivity contribution in [1.29, 1.82) is 0 Å². The van der Waals surface area contributed by atoms with Crippen molar-refractivity contribution >= 4 is 10.8 Å². The summed E-state index contributed by atoms with van der Waals surface area (Å²) >= 11 is 0. The summed E-state index contributed by atoms with van der Waals surface area (Å²) in [5.41, 5.74) is 7.39. The monoisotopic (exact) mass is 272 g/mol. The fraction of sp³-hybridized carbons (Fsp3) is 0.238. The Bertz CT molecular complexity index is 811. The molecule has 0 unspecified atom stereocenters. The van der Waals surface area contributed by atoms with Gasteiger partial charge in [0.15, 0.2) is 0 Å². The third kappa shape index (κ3) is 2.06. The van der Waals surface area contributed by atoms with Crippen LogP contribution >= 0.6 is 0 Å². The molecule has 0 saturated heterocycles. The molecule has 0 nitrogen and oxygen atoms in total. The maximum atomic E-state index is 2.42. The van der Waals surface area contributed by atoms with Crippen LogP contribution in [-0.2, 0) is 12.8 Å². The average Bonchev–Trinajstić information content (AvgIpc) is 2.91. The van der Waals surface area contributed by atoms with Crippen molar-refractivity contribution in [2.75, 3.05) is 0 Å². The van der Waals surface area contributed by atoms with Crippen molar-refractivity contribution in [2.45, 2.75) is 32.6 Å². The highest BCUT2D eigenvalue weighted by molar-refractivity contribution is 5.95. The molecule has 0 spiro atoms. The molecule has 0 bridgehead atoms. The number of unbranched alkanes of at least 4 members (excludes halogenated alkanes) is 1. The first kappa shape index (κ1) is 12.6. The highest BCUT2D eigenvalue weighted by Gasteiger charge is 2.20. The summed E-state index contributed by atoms with van der Waals surface area (Å²) in [7, 11) is 0. The topological polar surface area (TPSA) is 0 Å². The van der Waals surface area contributed by atoms with Gasteiger partial charge < -0.3 is 0 Å². The van der Waals surface area contributed by atoms with Crippen LogP contribution < -0.4 is 0 Å². The minimum Gasteiger partial charge on any atom is -0.0654 e. The molecule has 0 aromatic heterocycles. The number of aryl methyl sites for hydroxylation is 1. The lowest BCUT2D eigenvalue weighted by molar-refractivity contribution is 0.795. The minimum absolute atomic E-state index is 1.08. The van der Waals surface area contributed by atoms with E-state index in [-0.39, 0.29) is 0 Å². The van der Waals surface area contributed by atoms with Gasteiger partial charge in [0.2, 0.25) is 0 Å². The number of fused-ring (bicyclic) bond motifs is 5. The van der Waals surface area contributed by atoms with Gasteiger partial charge in [-0.3, -0.25) is 0 Å². The molecule has 0 saturated carbocycles. The third-order valence-electron chi connectivity index (χ3n) is 4.69. The van der Waals surface area contributed by atoms with Gasteiger partial charge in [-0.1, -0.05) is 67.9 Å². The summed E-state index contributed by atoms with van der Waals surface area (Å²) in [6.07, 6.45) is 4.83. The predicted octanol–water partition coefficient (Wildman–Crippen LogP) is 5.75. The highest BCUT2D eigenvalue weighted by atomic mass is 14.2. The number of hydrogen-bond acceptors (Lipinski definition) is 0. The van der Waals surface area contributed by atoms with E-state index in [1.807, 2.05) is 0 Å². The van der Waals surface area contributed by atoms with Gasteiger partial charge in [0, 0.05) is 0 Å². The number of benzene rings is 3. The molecule has 1 aliphatic rings. The van der Waals surface area contributed by atoms with E-state index < -0.39 is 0 Å². The summed E-state index contributed by atoms with van der Waals surface area (Å²) in [4.78, 5) is 0. The van der Waals surface area contributed by atoms with Crippen LogP contribution in [0.1, 0.15) is 36.5 Å². The van der Waals surface area contributed by atoms with Crippen molar-refractivity contribution in [3.8, 4) is 11.1 Å².